The van der Waals surface area contributed by atoms with E-state index in [0.29, 0.717) is 0 Å². The Labute approximate surface area is 127 Å². The molecule has 5 nitrogen and oxygen atoms in total. The van der Waals surface area contributed by atoms with Crippen LogP contribution in [-0.2, 0) is 6.54 Å². The molecule has 0 bridgehead atoms. The molecule has 1 N–H and O–H groups in total. The Morgan fingerprint density at radius 1 is 1.38 bits per heavy atom. The molecular formula is C15H16ClN3O2. The molecule has 1 aromatic carbocycles. The first-order valence-electron chi connectivity index (χ1n) is 6.88. The second kappa shape index (κ2) is 6.28. The number of hydrogen-bond acceptors (Lipinski definition) is 4. The second-order valence-electron chi connectivity index (χ2n) is 5.10. The number of rotatable bonds is 4. The normalized spacial score (nSPS) is 18.8. The second-order valence-corrected chi connectivity index (χ2v) is 5.48. The van der Waals surface area contributed by atoms with E-state index in [0.717, 1.165) is 26.1 Å². The molecule has 1 aromatic heterocycles. The fraction of sp³-hybridized carbons (Fsp3) is 0.333. The highest BCUT2D eigenvalue weighted by Gasteiger charge is 2.25. The van der Waals surface area contributed by atoms with Crippen LogP contribution in [-0.4, -0.2) is 34.1 Å². The molecule has 2 heterocycles. The predicted molar refractivity (Wildman–Crippen MR) is 80.6 cm³/mol. The summed E-state index contributed by atoms with van der Waals surface area (Å²) in [6.07, 6.45) is 2.22. The standard InChI is InChI=1S/C15H16ClN3O2/c16-13-14(20)17-10-18-15(13)21-12-6-7-19(9-12)8-11-4-2-1-3-5-11/h1-5,10,12H,6-9H2,(H,17,18,20). The Balaban J connectivity index is 1.60. The van der Waals surface area contributed by atoms with Crippen molar-refractivity contribution in [2.75, 3.05) is 13.1 Å². The lowest BCUT2D eigenvalue weighted by Crippen LogP contribution is -2.25. The summed E-state index contributed by atoms with van der Waals surface area (Å²) in [6.45, 7) is 2.66. The van der Waals surface area contributed by atoms with Gasteiger partial charge in [-0.1, -0.05) is 41.9 Å². The number of H-pyrrole nitrogens is 1. The Morgan fingerprint density at radius 2 is 2.19 bits per heavy atom. The van der Waals surface area contributed by atoms with Crippen molar-refractivity contribution in [2.45, 2.75) is 19.1 Å². The van der Waals surface area contributed by atoms with Crippen LogP contribution in [0.25, 0.3) is 0 Å². The number of hydrogen-bond donors (Lipinski definition) is 1. The summed E-state index contributed by atoms with van der Waals surface area (Å²) in [5, 5.41) is 0.0130. The first-order chi connectivity index (χ1) is 10.2. The van der Waals surface area contributed by atoms with E-state index < -0.39 is 0 Å². The van der Waals surface area contributed by atoms with E-state index in [-0.39, 0.29) is 22.6 Å². The topological polar surface area (TPSA) is 58.2 Å². The molecule has 1 saturated heterocycles. The average molecular weight is 306 g/mol. The molecule has 6 heteroatoms. The molecule has 0 amide bonds. The Kier molecular flexibility index (Phi) is 4.22. The van der Waals surface area contributed by atoms with E-state index in [1.165, 1.54) is 11.9 Å². The highest BCUT2D eigenvalue weighted by molar-refractivity contribution is 6.31. The highest BCUT2D eigenvalue weighted by Crippen LogP contribution is 2.21. The summed E-state index contributed by atoms with van der Waals surface area (Å²) in [6, 6.07) is 10.3. The molecule has 0 spiro atoms. The zero-order valence-electron chi connectivity index (χ0n) is 11.5. The van der Waals surface area contributed by atoms with Crippen LogP contribution in [0.4, 0.5) is 0 Å². The summed E-state index contributed by atoms with van der Waals surface area (Å²) in [5.74, 6) is 0.215. The van der Waals surface area contributed by atoms with Gasteiger partial charge in [0.25, 0.3) is 5.56 Å². The maximum Gasteiger partial charge on any atom is 0.273 e. The number of likely N-dealkylation sites (tertiary alicyclic amines) is 1. The van der Waals surface area contributed by atoms with Crippen LogP contribution < -0.4 is 10.3 Å². The Hall–Kier alpha value is -1.85. The fourth-order valence-electron chi connectivity index (χ4n) is 2.49. The number of nitrogens with one attached hydrogen (secondary N) is 1. The quantitative estimate of drug-likeness (QED) is 0.939. The molecular weight excluding hydrogens is 290 g/mol. The number of ether oxygens (including phenoxy) is 1. The zero-order valence-corrected chi connectivity index (χ0v) is 12.2. The number of aromatic nitrogens is 2. The first kappa shape index (κ1) is 14.1. The van der Waals surface area contributed by atoms with Gasteiger partial charge >= 0.3 is 0 Å². The summed E-state index contributed by atoms with van der Waals surface area (Å²) >= 11 is 5.89. The summed E-state index contributed by atoms with van der Waals surface area (Å²) < 4.78 is 5.75. The lowest BCUT2D eigenvalue weighted by molar-refractivity contribution is 0.191. The molecule has 110 valence electrons. The first-order valence-corrected chi connectivity index (χ1v) is 7.26. The van der Waals surface area contributed by atoms with Crippen molar-refractivity contribution < 1.29 is 4.74 Å². The zero-order chi connectivity index (χ0) is 14.7. The van der Waals surface area contributed by atoms with Crippen molar-refractivity contribution in [3.63, 3.8) is 0 Å². The van der Waals surface area contributed by atoms with Gasteiger partial charge in [-0.3, -0.25) is 9.69 Å². The van der Waals surface area contributed by atoms with Crippen molar-refractivity contribution in [1.82, 2.24) is 14.9 Å². The molecule has 0 radical (unpaired) electrons. The number of halogens is 1. The van der Waals surface area contributed by atoms with E-state index in [9.17, 15) is 4.79 Å². The minimum atomic E-state index is -0.374. The van der Waals surface area contributed by atoms with Crippen LogP contribution in [0.1, 0.15) is 12.0 Å². The van der Waals surface area contributed by atoms with Crippen molar-refractivity contribution in [1.29, 1.82) is 0 Å². The molecule has 3 rings (SSSR count). The van der Waals surface area contributed by atoms with Gasteiger partial charge in [0.15, 0.2) is 5.02 Å². The van der Waals surface area contributed by atoms with Crippen LogP contribution in [0.15, 0.2) is 41.5 Å². The number of nitrogens with zero attached hydrogens (tertiary/aromatic N) is 2. The Morgan fingerprint density at radius 3 is 3.00 bits per heavy atom. The van der Waals surface area contributed by atoms with E-state index in [1.807, 2.05) is 18.2 Å². The lowest BCUT2D eigenvalue weighted by Gasteiger charge is -2.16. The molecule has 2 aromatic rings. The van der Waals surface area contributed by atoms with Gasteiger partial charge in [0.1, 0.15) is 6.10 Å². The highest BCUT2D eigenvalue weighted by atomic mass is 35.5. The summed E-state index contributed by atoms with van der Waals surface area (Å²) in [4.78, 5) is 20.1. The third kappa shape index (κ3) is 3.43. The van der Waals surface area contributed by atoms with Crippen LogP contribution in [0.5, 0.6) is 5.88 Å². The van der Waals surface area contributed by atoms with Gasteiger partial charge in [-0.2, -0.15) is 0 Å². The number of benzene rings is 1. The number of aromatic amines is 1. The fourth-order valence-corrected chi connectivity index (χ4v) is 2.63. The smallest absolute Gasteiger partial charge is 0.273 e. The molecule has 1 unspecified atom stereocenters. The van der Waals surface area contributed by atoms with Crippen molar-refractivity contribution in [3.8, 4) is 5.88 Å². The van der Waals surface area contributed by atoms with Crippen molar-refractivity contribution in [2.24, 2.45) is 0 Å². The van der Waals surface area contributed by atoms with Crippen molar-refractivity contribution >= 4 is 11.6 Å². The van der Waals surface area contributed by atoms with E-state index in [4.69, 9.17) is 16.3 Å². The molecule has 0 saturated carbocycles. The van der Waals surface area contributed by atoms with E-state index in [2.05, 4.69) is 27.0 Å². The van der Waals surface area contributed by atoms with Crippen LogP contribution in [0.2, 0.25) is 5.02 Å². The van der Waals surface area contributed by atoms with Gasteiger partial charge in [-0.25, -0.2) is 4.98 Å². The average Bonchev–Trinajstić information content (AvgIpc) is 2.92. The summed E-state index contributed by atoms with van der Waals surface area (Å²) in [7, 11) is 0. The van der Waals surface area contributed by atoms with Gasteiger partial charge in [0.2, 0.25) is 5.88 Å². The van der Waals surface area contributed by atoms with Gasteiger partial charge in [0.05, 0.1) is 6.33 Å². The molecule has 1 fully saturated rings. The van der Waals surface area contributed by atoms with Crippen LogP contribution in [0.3, 0.4) is 0 Å². The maximum absolute atomic E-state index is 11.4. The van der Waals surface area contributed by atoms with Gasteiger partial charge in [-0.15, -0.1) is 0 Å². The largest absolute Gasteiger partial charge is 0.472 e. The van der Waals surface area contributed by atoms with Gasteiger partial charge in [0, 0.05) is 19.6 Å². The van der Waals surface area contributed by atoms with Gasteiger partial charge < -0.3 is 9.72 Å². The molecule has 1 atom stereocenters. The van der Waals surface area contributed by atoms with Crippen LogP contribution >= 0.6 is 11.6 Å². The van der Waals surface area contributed by atoms with Crippen molar-refractivity contribution in [3.05, 3.63) is 57.6 Å². The third-order valence-corrected chi connectivity index (χ3v) is 3.85. The monoisotopic (exact) mass is 305 g/mol. The van der Waals surface area contributed by atoms with Gasteiger partial charge in [-0.05, 0) is 12.0 Å². The SMILES string of the molecule is O=c1[nH]cnc(OC2CCN(Cc3ccccc3)C2)c1Cl. The third-order valence-electron chi connectivity index (χ3n) is 3.52. The molecule has 21 heavy (non-hydrogen) atoms. The van der Waals surface area contributed by atoms with E-state index >= 15 is 0 Å². The Bertz CT molecular complexity index is 659. The molecule has 0 aliphatic carbocycles. The predicted octanol–water partition coefficient (Wildman–Crippen LogP) is 2.08. The molecule has 1 aliphatic rings. The van der Waals surface area contributed by atoms with E-state index in [1.54, 1.807) is 0 Å². The maximum atomic E-state index is 11.4. The van der Waals surface area contributed by atoms with Crippen LogP contribution in [0, 0.1) is 0 Å². The lowest BCUT2D eigenvalue weighted by atomic mass is 10.2. The molecule has 1 aliphatic heterocycles. The minimum absolute atomic E-state index is 0.0130. The summed E-state index contributed by atoms with van der Waals surface area (Å²) in [5.41, 5.74) is 0.909. The minimum Gasteiger partial charge on any atom is -0.472 e.